The third-order valence-electron chi connectivity index (χ3n) is 2.73. The molecule has 2 aromatic rings. The van der Waals surface area contributed by atoms with Gasteiger partial charge in [-0.25, -0.2) is 4.79 Å². The second-order valence-corrected chi connectivity index (χ2v) is 6.01. The van der Waals surface area contributed by atoms with Gasteiger partial charge in [0.1, 0.15) is 16.4 Å². The number of hydrogen-bond acceptors (Lipinski definition) is 5. The van der Waals surface area contributed by atoms with Gasteiger partial charge in [0.05, 0.1) is 6.61 Å². The Hall–Kier alpha value is -2.74. The molecule has 23 heavy (non-hydrogen) atoms. The second-order valence-electron chi connectivity index (χ2n) is 4.46. The molecule has 0 spiro atoms. The molecule has 0 saturated carbocycles. The molecule has 7 nitrogen and oxygen atoms in total. The summed E-state index contributed by atoms with van der Waals surface area (Å²) < 4.78 is 34.8. The van der Waals surface area contributed by atoms with Crippen LogP contribution >= 0.6 is 0 Å². The molecule has 2 rings (SSSR count). The van der Waals surface area contributed by atoms with Crippen LogP contribution in [0.3, 0.4) is 0 Å². The second kappa shape index (κ2) is 7.01. The van der Waals surface area contributed by atoms with E-state index in [0.717, 1.165) is 0 Å². The average molecular weight is 336 g/mol. The predicted molar refractivity (Wildman–Crippen MR) is 85.1 cm³/mol. The number of amides is 2. The summed E-state index contributed by atoms with van der Waals surface area (Å²) in [6, 6.07) is 11.0. The minimum atomic E-state index is -3.99. The number of urea groups is 1. The number of carbonyl (C=O) groups is 1. The molecule has 0 aliphatic rings. The van der Waals surface area contributed by atoms with E-state index in [0.29, 0.717) is 18.0 Å². The fourth-order valence-electron chi connectivity index (χ4n) is 1.81. The smallest absolute Gasteiger partial charge is 0.339 e. The monoisotopic (exact) mass is 336 g/mol. The summed E-state index contributed by atoms with van der Waals surface area (Å²) in [5, 5.41) is 2.34. The third kappa shape index (κ3) is 4.62. The Bertz CT molecular complexity index is 788. The van der Waals surface area contributed by atoms with Gasteiger partial charge in [0.25, 0.3) is 0 Å². The van der Waals surface area contributed by atoms with Crippen molar-refractivity contribution in [1.29, 1.82) is 0 Å². The molecule has 122 valence electrons. The van der Waals surface area contributed by atoms with Crippen molar-refractivity contribution in [2.24, 2.45) is 5.73 Å². The Labute approximate surface area is 134 Å². The Kier molecular flexibility index (Phi) is 5.07. The number of rotatable bonds is 6. The van der Waals surface area contributed by atoms with Crippen molar-refractivity contribution >= 4 is 21.8 Å². The van der Waals surface area contributed by atoms with Crippen molar-refractivity contribution in [2.75, 3.05) is 11.9 Å². The van der Waals surface area contributed by atoms with Gasteiger partial charge in [-0.1, -0.05) is 6.07 Å². The van der Waals surface area contributed by atoms with E-state index in [1.54, 1.807) is 18.2 Å². The maximum atomic E-state index is 12.2. The summed E-state index contributed by atoms with van der Waals surface area (Å²) in [6.07, 6.45) is 0. The lowest BCUT2D eigenvalue weighted by molar-refractivity contribution is 0.259. The largest absolute Gasteiger partial charge is 0.494 e. The molecule has 0 saturated heterocycles. The molecule has 0 radical (unpaired) electrons. The third-order valence-corrected chi connectivity index (χ3v) is 3.99. The Balaban J connectivity index is 2.19. The molecule has 0 aromatic heterocycles. The summed E-state index contributed by atoms with van der Waals surface area (Å²) in [6.45, 7) is 2.32. The highest BCUT2D eigenvalue weighted by molar-refractivity contribution is 7.87. The first-order valence-electron chi connectivity index (χ1n) is 6.74. The summed E-state index contributed by atoms with van der Waals surface area (Å²) in [4.78, 5) is 10.8. The van der Waals surface area contributed by atoms with Crippen molar-refractivity contribution in [2.45, 2.75) is 11.8 Å². The van der Waals surface area contributed by atoms with Gasteiger partial charge in [-0.05, 0) is 43.3 Å². The van der Waals surface area contributed by atoms with E-state index in [4.69, 9.17) is 14.7 Å². The number of nitrogens with one attached hydrogen (secondary N) is 1. The number of primary amides is 1. The zero-order valence-electron chi connectivity index (χ0n) is 12.4. The molecule has 0 heterocycles. The van der Waals surface area contributed by atoms with Crippen LogP contribution in [0.1, 0.15) is 6.92 Å². The number of nitrogens with two attached hydrogens (primary N) is 1. The topological polar surface area (TPSA) is 108 Å². The molecule has 0 atom stereocenters. The molecule has 0 aliphatic heterocycles. The first-order chi connectivity index (χ1) is 10.9. The number of carbonyl (C=O) groups excluding carboxylic acids is 1. The van der Waals surface area contributed by atoms with Gasteiger partial charge in [-0.3, -0.25) is 0 Å². The van der Waals surface area contributed by atoms with Crippen LogP contribution in [-0.4, -0.2) is 21.1 Å². The van der Waals surface area contributed by atoms with Gasteiger partial charge in [0.15, 0.2) is 0 Å². The highest BCUT2D eigenvalue weighted by Gasteiger charge is 2.17. The maximum Gasteiger partial charge on any atom is 0.339 e. The Morgan fingerprint density at radius 3 is 2.43 bits per heavy atom. The van der Waals surface area contributed by atoms with E-state index in [1.807, 2.05) is 6.92 Å². The molecule has 0 fully saturated rings. The van der Waals surface area contributed by atoms with E-state index in [1.165, 1.54) is 30.3 Å². The lowest BCUT2D eigenvalue weighted by Gasteiger charge is -2.09. The van der Waals surface area contributed by atoms with Crippen LogP contribution in [0.4, 0.5) is 10.5 Å². The number of ether oxygens (including phenoxy) is 1. The zero-order valence-corrected chi connectivity index (χ0v) is 13.2. The molecular formula is C15H16N2O5S. The van der Waals surface area contributed by atoms with E-state index in [2.05, 4.69) is 5.32 Å². The summed E-state index contributed by atoms with van der Waals surface area (Å²) >= 11 is 0. The van der Waals surface area contributed by atoms with Gasteiger partial charge >= 0.3 is 16.1 Å². The first kappa shape index (κ1) is 16.6. The van der Waals surface area contributed by atoms with Crippen LogP contribution in [0.5, 0.6) is 11.5 Å². The maximum absolute atomic E-state index is 12.2. The number of anilines is 1. The predicted octanol–water partition coefficient (Wildman–Crippen LogP) is 2.34. The van der Waals surface area contributed by atoms with Crippen molar-refractivity contribution < 1.29 is 22.1 Å². The fourth-order valence-corrected chi connectivity index (χ4v) is 2.73. The standard InChI is InChI=1S/C15H16N2O5S/c1-2-21-12-6-8-14(9-7-12)23(19,20)22-13-5-3-4-11(10-13)17-15(16)18/h3-10H,2H2,1H3,(H3,16,17,18). The van der Waals surface area contributed by atoms with Crippen LogP contribution < -0.4 is 20.0 Å². The normalized spacial score (nSPS) is 10.8. The lowest BCUT2D eigenvalue weighted by Crippen LogP contribution is -2.19. The number of benzene rings is 2. The highest BCUT2D eigenvalue weighted by atomic mass is 32.2. The molecule has 8 heteroatoms. The molecule has 2 amide bonds. The van der Waals surface area contributed by atoms with Crippen molar-refractivity contribution in [3.05, 3.63) is 48.5 Å². The van der Waals surface area contributed by atoms with Gasteiger partial charge in [-0.15, -0.1) is 0 Å². The van der Waals surface area contributed by atoms with E-state index in [-0.39, 0.29) is 10.6 Å². The van der Waals surface area contributed by atoms with Crippen LogP contribution in [0, 0.1) is 0 Å². The van der Waals surface area contributed by atoms with E-state index < -0.39 is 16.1 Å². The Morgan fingerprint density at radius 1 is 1.13 bits per heavy atom. The molecule has 3 N–H and O–H groups in total. The molecule has 0 unspecified atom stereocenters. The van der Waals surface area contributed by atoms with Gasteiger partial charge in [0, 0.05) is 11.8 Å². The van der Waals surface area contributed by atoms with E-state index in [9.17, 15) is 13.2 Å². The Morgan fingerprint density at radius 2 is 1.83 bits per heavy atom. The van der Waals surface area contributed by atoms with E-state index >= 15 is 0 Å². The molecule has 0 bridgehead atoms. The van der Waals surface area contributed by atoms with Gasteiger partial charge < -0.3 is 20.0 Å². The van der Waals surface area contributed by atoms with Gasteiger partial charge in [-0.2, -0.15) is 8.42 Å². The number of hydrogen-bond donors (Lipinski definition) is 2. The van der Waals surface area contributed by atoms with Gasteiger partial charge in [0.2, 0.25) is 0 Å². The SMILES string of the molecule is CCOc1ccc(S(=O)(=O)Oc2cccc(NC(N)=O)c2)cc1. The van der Waals surface area contributed by atoms with Crippen molar-refractivity contribution in [3.63, 3.8) is 0 Å². The van der Waals surface area contributed by atoms with Crippen molar-refractivity contribution in [1.82, 2.24) is 0 Å². The fraction of sp³-hybridized carbons (Fsp3) is 0.133. The van der Waals surface area contributed by atoms with Crippen LogP contribution in [0.2, 0.25) is 0 Å². The van der Waals surface area contributed by atoms with Crippen molar-refractivity contribution in [3.8, 4) is 11.5 Å². The van der Waals surface area contributed by atoms with Crippen LogP contribution in [0.15, 0.2) is 53.4 Å². The zero-order chi connectivity index (χ0) is 16.9. The average Bonchev–Trinajstić information content (AvgIpc) is 2.47. The summed E-state index contributed by atoms with van der Waals surface area (Å²) in [5.74, 6) is 0.629. The first-order valence-corrected chi connectivity index (χ1v) is 8.15. The highest BCUT2D eigenvalue weighted by Crippen LogP contribution is 2.23. The molecule has 0 aliphatic carbocycles. The minimum Gasteiger partial charge on any atom is -0.494 e. The summed E-state index contributed by atoms with van der Waals surface area (Å²) in [5.41, 5.74) is 5.34. The van der Waals surface area contributed by atoms with Crippen LogP contribution in [-0.2, 0) is 10.1 Å². The molecule has 2 aromatic carbocycles. The minimum absolute atomic E-state index is 0.00536. The van der Waals surface area contributed by atoms with Crippen LogP contribution in [0.25, 0.3) is 0 Å². The summed E-state index contributed by atoms with van der Waals surface area (Å²) in [7, 11) is -3.99. The molecular weight excluding hydrogens is 320 g/mol. The lowest BCUT2D eigenvalue weighted by atomic mass is 10.3. The quantitative estimate of drug-likeness (QED) is 0.787.